The number of nitrogens with zero attached hydrogens (tertiary/aromatic N) is 3. The van der Waals surface area contributed by atoms with Crippen LogP contribution in [0, 0.1) is 0 Å². The van der Waals surface area contributed by atoms with Gasteiger partial charge in [0.05, 0.1) is 0 Å². The Kier molecular flexibility index (Phi) is 7.14. The Balaban J connectivity index is 0.00000192. The SMILES string of the molecule is CCN(CCNC(=NC)N1CCc2ccccc2C1)C1CC1.I. The number of guanidine groups is 1. The highest BCUT2D eigenvalue weighted by atomic mass is 127. The smallest absolute Gasteiger partial charge is 0.194 e. The van der Waals surface area contributed by atoms with E-state index < -0.39 is 0 Å². The van der Waals surface area contributed by atoms with E-state index in [1.54, 1.807) is 0 Å². The fourth-order valence-corrected chi connectivity index (χ4v) is 3.36. The Morgan fingerprint density at radius 2 is 2.04 bits per heavy atom. The Morgan fingerprint density at radius 3 is 2.70 bits per heavy atom. The summed E-state index contributed by atoms with van der Waals surface area (Å²) in [5, 5.41) is 3.55. The van der Waals surface area contributed by atoms with Crippen LogP contribution in [-0.4, -0.2) is 55.0 Å². The lowest BCUT2D eigenvalue weighted by Gasteiger charge is -2.32. The lowest BCUT2D eigenvalue weighted by molar-refractivity contribution is 0.279. The summed E-state index contributed by atoms with van der Waals surface area (Å²) in [5.41, 5.74) is 2.92. The molecule has 0 unspecified atom stereocenters. The number of likely N-dealkylation sites (N-methyl/N-ethyl adjacent to an activating group) is 1. The normalized spacial score (nSPS) is 17.7. The Hall–Kier alpha value is -0.820. The van der Waals surface area contributed by atoms with E-state index in [4.69, 9.17) is 0 Å². The molecule has 1 N–H and O–H groups in total. The van der Waals surface area contributed by atoms with Gasteiger partial charge in [0.15, 0.2) is 5.96 Å². The van der Waals surface area contributed by atoms with Crippen molar-refractivity contribution in [1.29, 1.82) is 0 Å². The summed E-state index contributed by atoms with van der Waals surface area (Å²) >= 11 is 0. The molecule has 3 rings (SSSR count). The van der Waals surface area contributed by atoms with E-state index in [1.165, 1.54) is 24.0 Å². The third-order valence-electron chi connectivity index (χ3n) is 4.79. The molecule has 0 atom stereocenters. The number of nitrogens with one attached hydrogen (secondary N) is 1. The van der Waals surface area contributed by atoms with Crippen LogP contribution in [0.5, 0.6) is 0 Å². The molecule has 1 saturated carbocycles. The minimum atomic E-state index is 0. The molecule has 0 aromatic heterocycles. The number of aliphatic imine (C=N–C) groups is 1. The molecular formula is C18H29IN4. The van der Waals surface area contributed by atoms with Crippen LogP contribution in [-0.2, 0) is 13.0 Å². The minimum Gasteiger partial charge on any atom is -0.355 e. The van der Waals surface area contributed by atoms with Crippen molar-refractivity contribution in [2.24, 2.45) is 4.99 Å². The number of rotatable bonds is 5. The van der Waals surface area contributed by atoms with E-state index in [9.17, 15) is 0 Å². The third kappa shape index (κ3) is 4.83. The van der Waals surface area contributed by atoms with Crippen LogP contribution < -0.4 is 5.32 Å². The fourth-order valence-electron chi connectivity index (χ4n) is 3.36. The van der Waals surface area contributed by atoms with Gasteiger partial charge in [0.25, 0.3) is 0 Å². The van der Waals surface area contributed by atoms with Gasteiger partial charge in [0.2, 0.25) is 0 Å². The molecule has 1 heterocycles. The van der Waals surface area contributed by atoms with Gasteiger partial charge in [-0.3, -0.25) is 9.89 Å². The first-order valence-corrected chi connectivity index (χ1v) is 8.58. The Bertz CT molecular complexity index is 528. The number of hydrogen-bond acceptors (Lipinski definition) is 2. The average molecular weight is 428 g/mol. The molecule has 1 aromatic carbocycles. The minimum absolute atomic E-state index is 0. The van der Waals surface area contributed by atoms with Gasteiger partial charge in [-0.25, -0.2) is 0 Å². The van der Waals surface area contributed by atoms with Gasteiger partial charge in [0, 0.05) is 39.3 Å². The Morgan fingerprint density at radius 1 is 1.30 bits per heavy atom. The summed E-state index contributed by atoms with van der Waals surface area (Å²) in [6.07, 6.45) is 3.87. The molecule has 0 radical (unpaired) electrons. The van der Waals surface area contributed by atoms with Gasteiger partial charge >= 0.3 is 0 Å². The molecule has 0 amide bonds. The predicted octanol–water partition coefficient (Wildman–Crippen LogP) is 2.72. The Labute approximate surface area is 157 Å². The highest BCUT2D eigenvalue weighted by molar-refractivity contribution is 14.0. The van der Waals surface area contributed by atoms with Crippen LogP contribution in [0.25, 0.3) is 0 Å². The van der Waals surface area contributed by atoms with Crippen LogP contribution in [0.3, 0.4) is 0 Å². The number of halogens is 1. The first-order chi connectivity index (χ1) is 10.8. The molecule has 0 saturated heterocycles. The molecule has 1 fully saturated rings. The summed E-state index contributed by atoms with van der Waals surface area (Å²) < 4.78 is 0. The molecule has 1 aliphatic carbocycles. The zero-order chi connectivity index (χ0) is 15.4. The van der Waals surface area contributed by atoms with Gasteiger partial charge in [-0.15, -0.1) is 24.0 Å². The first kappa shape index (κ1) is 18.5. The summed E-state index contributed by atoms with van der Waals surface area (Å²) in [6.45, 7) is 7.53. The van der Waals surface area contributed by atoms with Crippen molar-refractivity contribution in [1.82, 2.24) is 15.1 Å². The molecule has 5 heteroatoms. The van der Waals surface area contributed by atoms with Gasteiger partial charge in [-0.05, 0) is 36.9 Å². The van der Waals surface area contributed by atoms with E-state index in [1.807, 2.05) is 7.05 Å². The number of hydrogen-bond donors (Lipinski definition) is 1. The second-order valence-electron chi connectivity index (χ2n) is 6.27. The van der Waals surface area contributed by atoms with Crippen molar-refractivity contribution < 1.29 is 0 Å². The van der Waals surface area contributed by atoms with E-state index in [2.05, 4.69) is 51.3 Å². The van der Waals surface area contributed by atoms with Crippen LogP contribution in [0.4, 0.5) is 0 Å². The average Bonchev–Trinajstić information content (AvgIpc) is 3.40. The van der Waals surface area contributed by atoms with Gasteiger partial charge in [-0.1, -0.05) is 31.2 Å². The van der Waals surface area contributed by atoms with Crippen LogP contribution >= 0.6 is 24.0 Å². The molecule has 0 spiro atoms. The topological polar surface area (TPSA) is 30.9 Å². The quantitative estimate of drug-likeness (QED) is 0.445. The second-order valence-corrected chi connectivity index (χ2v) is 6.27. The van der Waals surface area contributed by atoms with Crippen molar-refractivity contribution in [3.05, 3.63) is 35.4 Å². The van der Waals surface area contributed by atoms with E-state index in [0.717, 1.165) is 51.1 Å². The van der Waals surface area contributed by atoms with Crippen LogP contribution in [0.15, 0.2) is 29.3 Å². The number of benzene rings is 1. The van der Waals surface area contributed by atoms with Crippen LogP contribution in [0.1, 0.15) is 30.9 Å². The molecule has 4 nitrogen and oxygen atoms in total. The van der Waals surface area contributed by atoms with Gasteiger partial charge < -0.3 is 10.2 Å². The van der Waals surface area contributed by atoms with Crippen molar-refractivity contribution in [3.63, 3.8) is 0 Å². The van der Waals surface area contributed by atoms with E-state index >= 15 is 0 Å². The van der Waals surface area contributed by atoms with Crippen molar-refractivity contribution in [2.75, 3.05) is 33.2 Å². The summed E-state index contributed by atoms with van der Waals surface area (Å²) in [7, 11) is 1.89. The molecule has 2 aliphatic rings. The fraction of sp³-hybridized carbons (Fsp3) is 0.611. The lowest BCUT2D eigenvalue weighted by Crippen LogP contribution is -2.46. The zero-order valence-corrected chi connectivity index (χ0v) is 16.6. The predicted molar refractivity (Wildman–Crippen MR) is 108 cm³/mol. The third-order valence-corrected chi connectivity index (χ3v) is 4.79. The summed E-state index contributed by atoms with van der Waals surface area (Å²) in [4.78, 5) is 9.43. The molecule has 0 bridgehead atoms. The zero-order valence-electron chi connectivity index (χ0n) is 14.3. The van der Waals surface area contributed by atoms with Crippen molar-refractivity contribution >= 4 is 29.9 Å². The van der Waals surface area contributed by atoms with Gasteiger partial charge in [-0.2, -0.15) is 0 Å². The molecule has 1 aromatic rings. The summed E-state index contributed by atoms with van der Waals surface area (Å²) in [5.74, 6) is 1.04. The monoisotopic (exact) mass is 428 g/mol. The van der Waals surface area contributed by atoms with Crippen molar-refractivity contribution in [2.45, 2.75) is 38.8 Å². The standard InChI is InChI=1S/C18H28N4.HI/c1-3-21(17-8-9-17)13-11-20-18(19-2)22-12-10-15-6-4-5-7-16(15)14-22;/h4-7,17H,3,8-14H2,1-2H3,(H,19,20);1H. The highest BCUT2D eigenvalue weighted by Crippen LogP contribution is 2.25. The summed E-state index contributed by atoms with van der Waals surface area (Å²) in [6, 6.07) is 9.60. The number of fused-ring (bicyclic) bond motifs is 1. The molecular weight excluding hydrogens is 399 g/mol. The van der Waals surface area contributed by atoms with Crippen LogP contribution in [0.2, 0.25) is 0 Å². The maximum absolute atomic E-state index is 4.48. The lowest BCUT2D eigenvalue weighted by atomic mass is 10.0. The second kappa shape index (κ2) is 8.87. The molecule has 23 heavy (non-hydrogen) atoms. The first-order valence-electron chi connectivity index (χ1n) is 8.58. The highest BCUT2D eigenvalue weighted by Gasteiger charge is 2.27. The maximum atomic E-state index is 4.48. The van der Waals surface area contributed by atoms with Crippen molar-refractivity contribution in [3.8, 4) is 0 Å². The van der Waals surface area contributed by atoms with E-state index in [0.29, 0.717) is 0 Å². The van der Waals surface area contributed by atoms with E-state index in [-0.39, 0.29) is 24.0 Å². The molecule has 128 valence electrons. The maximum Gasteiger partial charge on any atom is 0.194 e. The molecule has 1 aliphatic heterocycles. The largest absolute Gasteiger partial charge is 0.355 e. The van der Waals surface area contributed by atoms with Gasteiger partial charge in [0.1, 0.15) is 0 Å².